The van der Waals surface area contributed by atoms with Crippen LogP contribution >= 0.6 is 34.0 Å². The predicted molar refractivity (Wildman–Crippen MR) is 88.4 cm³/mol. The van der Waals surface area contributed by atoms with Gasteiger partial charge in [-0.15, -0.1) is 21.5 Å². The van der Waals surface area contributed by atoms with Gasteiger partial charge in [0, 0.05) is 11.3 Å². The minimum Gasteiger partial charge on any atom is -0.300 e. The zero-order valence-corrected chi connectivity index (χ0v) is 13.7. The largest absolute Gasteiger partial charge is 0.300 e. The fraction of sp³-hybridized carbons (Fsp3) is 0.214. The molecule has 0 radical (unpaired) electrons. The molecule has 0 aliphatic carbocycles. The monoisotopic (exact) mass is 335 g/mol. The highest BCUT2D eigenvalue weighted by atomic mass is 32.1. The smallest absolute Gasteiger partial charge is 0.234 e. The quantitative estimate of drug-likeness (QED) is 0.767. The standard InChI is InChI=1S/C14H13N3OS3/c1-9(11-3-2-5-20-11)13(18)15-14-17-16-12(21-14)7-10-4-6-19-8-10/h2-6,8-9H,7H2,1H3,(H,15,17,18). The van der Waals surface area contributed by atoms with Crippen LogP contribution in [0.25, 0.3) is 0 Å². The van der Waals surface area contributed by atoms with Crippen molar-refractivity contribution in [1.82, 2.24) is 10.2 Å². The number of carbonyl (C=O) groups is 1. The number of anilines is 1. The summed E-state index contributed by atoms with van der Waals surface area (Å²) >= 11 is 4.68. The number of nitrogens with one attached hydrogen (secondary N) is 1. The molecule has 0 saturated carbocycles. The molecule has 3 aromatic rings. The molecule has 0 aliphatic rings. The zero-order chi connectivity index (χ0) is 14.7. The normalized spacial score (nSPS) is 12.2. The average molecular weight is 335 g/mol. The Morgan fingerprint density at radius 1 is 1.33 bits per heavy atom. The van der Waals surface area contributed by atoms with Crippen LogP contribution in [0.2, 0.25) is 0 Å². The average Bonchev–Trinajstić information content (AvgIpc) is 3.20. The van der Waals surface area contributed by atoms with Crippen molar-refractivity contribution in [2.24, 2.45) is 0 Å². The van der Waals surface area contributed by atoms with Gasteiger partial charge in [-0.3, -0.25) is 10.1 Å². The molecular formula is C14H13N3OS3. The fourth-order valence-electron chi connectivity index (χ4n) is 1.82. The third kappa shape index (κ3) is 3.55. The van der Waals surface area contributed by atoms with E-state index in [9.17, 15) is 4.79 Å². The molecule has 7 heteroatoms. The first-order chi connectivity index (χ1) is 10.2. The first-order valence-electron chi connectivity index (χ1n) is 6.40. The second-order valence-electron chi connectivity index (χ2n) is 4.54. The van der Waals surface area contributed by atoms with Crippen LogP contribution < -0.4 is 5.32 Å². The molecule has 1 unspecified atom stereocenters. The van der Waals surface area contributed by atoms with Crippen molar-refractivity contribution in [3.8, 4) is 0 Å². The molecule has 0 aliphatic heterocycles. The summed E-state index contributed by atoms with van der Waals surface area (Å²) in [4.78, 5) is 13.2. The van der Waals surface area contributed by atoms with Gasteiger partial charge < -0.3 is 0 Å². The van der Waals surface area contributed by atoms with E-state index in [1.807, 2.05) is 29.8 Å². The first-order valence-corrected chi connectivity index (χ1v) is 9.04. The van der Waals surface area contributed by atoms with E-state index in [4.69, 9.17) is 0 Å². The Hall–Kier alpha value is -1.57. The summed E-state index contributed by atoms with van der Waals surface area (Å²) in [7, 11) is 0. The van der Waals surface area contributed by atoms with E-state index in [0.29, 0.717) is 5.13 Å². The van der Waals surface area contributed by atoms with Gasteiger partial charge in [-0.2, -0.15) is 11.3 Å². The van der Waals surface area contributed by atoms with Crippen molar-refractivity contribution in [2.75, 3.05) is 5.32 Å². The minimum atomic E-state index is -0.172. The van der Waals surface area contributed by atoms with E-state index in [2.05, 4.69) is 27.0 Å². The molecule has 0 saturated heterocycles. The van der Waals surface area contributed by atoms with Crippen molar-refractivity contribution in [3.05, 3.63) is 49.8 Å². The van der Waals surface area contributed by atoms with E-state index in [-0.39, 0.29) is 11.8 Å². The first kappa shape index (κ1) is 14.4. The van der Waals surface area contributed by atoms with E-state index in [1.165, 1.54) is 16.9 Å². The number of hydrogen-bond acceptors (Lipinski definition) is 6. The topological polar surface area (TPSA) is 54.9 Å². The number of rotatable bonds is 5. The van der Waals surface area contributed by atoms with Crippen LogP contribution in [0.3, 0.4) is 0 Å². The molecule has 1 N–H and O–H groups in total. The van der Waals surface area contributed by atoms with Crippen LogP contribution in [-0.2, 0) is 11.2 Å². The van der Waals surface area contributed by atoms with E-state index < -0.39 is 0 Å². The second kappa shape index (κ2) is 6.46. The van der Waals surface area contributed by atoms with Crippen LogP contribution in [0.5, 0.6) is 0 Å². The maximum atomic E-state index is 12.2. The molecule has 3 rings (SSSR count). The van der Waals surface area contributed by atoms with Gasteiger partial charge in [0.25, 0.3) is 0 Å². The molecule has 0 bridgehead atoms. The fourth-order valence-corrected chi connectivity index (χ4v) is 4.05. The number of thiophene rings is 2. The third-order valence-electron chi connectivity index (χ3n) is 3.00. The zero-order valence-electron chi connectivity index (χ0n) is 11.3. The molecule has 1 atom stereocenters. The van der Waals surface area contributed by atoms with Crippen molar-refractivity contribution in [3.63, 3.8) is 0 Å². The summed E-state index contributed by atoms with van der Waals surface area (Å²) in [5, 5.41) is 18.6. The number of nitrogens with zero attached hydrogens (tertiary/aromatic N) is 2. The maximum Gasteiger partial charge on any atom is 0.234 e. The van der Waals surface area contributed by atoms with Gasteiger partial charge in [-0.05, 0) is 40.8 Å². The van der Waals surface area contributed by atoms with Crippen LogP contribution in [0, 0.1) is 0 Å². The molecule has 4 nitrogen and oxygen atoms in total. The Balaban J connectivity index is 1.63. The molecule has 0 aromatic carbocycles. The maximum absolute atomic E-state index is 12.2. The van der Waals surface area contributed by atoms with Crippen molar-refractivity contribution in [1.29, 1.82) is 0 Å². The summed E-state index contributed by atoms with van der Waals surface area (Å²) in [6.45, 7) is 1.90. The number of hydrogen-bond donors (Lipinski definition) is 1. The lowest BCUT2D eigenvalue weighted by Crippen LogP contribution is -2.17. The van der Waals surface area contributed by atoms with Crippen LogP contribution in [0.1, 0.15) is 28.3 Å². The SMILES string of the molecule is CC(C(=O)Nc1nnc(Cc2ccsc2)s1)c1cccs1. The van der Waals surface area contributed by atoms with E-state index >= 15 is 0 Å². The van der Waals surface area contributed by atoms with Gasteiger partial charge in [0.15, 0.2) is 0 Å². The molecule has 1 amide bonds. The van der Waals surface area contributed by atoms with E-state index in [1.54, 1.807) is 22.7 Å². The molecule has 108 valence electrons. The Kier molecular flexibility index (Phi) is 4.42. The number of aromatic nitrogens is 2. The number of amides is 1. The molecular weight excluding hydrogens is 322 g/mol. The molecule has 3 aromatic heterocycles. The Morgan fingerprint density at radius 2 is 2.24 bits per heavy atom. The summed E-state index contributed by atoms with van der Waals surface area (Å²) in [6.07, 6.45) is 0.761. The summed E-state index contributed by atoms with van der Waals surface area (Å²) in [6, 6.07) is 5.99. The van der Waals surface area contributed by atoms with Gasteiger partial charge in [-0.1, -0.05) is 17.4 Å². The van der Waals surface area contributed by atoms with Gasteiger partial charge in [0.05, 0.1) is 5.92 Å². The highest BCUT2D eigenvalue weighted by Crippen LogP contribution is 2.24. The van der Waals surface area contributed by atoms with Crippen molar-refractivity contribution >= 4 is 45.0 Å². The Bertz CT molecular complexity index is 704. The minimum absolute atomic E-state index is 0.0457. The molecule has 3 heterocycles. The lowest BCUT2D eigenvalue weighted by atomic mass is 10.1. The third-order valence-corrected chi connectivity index (χ3v) is 5.62. The lowest BCUT2D eigenvalue weighted by molar-refractivity contribution is -0.117. The highest BCUT2D eigenvalue weighted by Gasteiger charge is 2.18. The van der Waals surface area contributed by atoms with Crippen molar-refractivity contribution in [2.45, 2.75) is 19.3 Å². The van der Waals surface area contributed by atoms with Crippen LogP contribution in [0.4, 0.5) is 5.13 Å². The summed E-state index contributed by atoms with van der Waals surface area (Å²) in [5.41, 5.74) is 1.22. The number of carbonyl (C=O) groups excluding carboxylic acids is 1. The van der Waals surface area contributed by atoms with Crippen molar-refractivity contribution < 1.29 is 4.79 Å². The molecule has 0 fully saturated rings. The van der Waals surface area contributed by atoms with Crippen LogP contribution in [0.15, 0.2) is 34.3 Å². The highest BCUT2D eigenvalue weighted by molar-refractivity contribution is 7.15. The van der Waals surface area contributed by atoms with Gasteiger partial charge in [-0.25, -0.2) is 0 Å². The Labute approximate surface area is 134 Å². The van der Waals surface area contributed by atoms with Gasteiger partial charge in [0.2, 0.25) is 11.0 Å². The Morgan fingerprint density at radius 3 is 2.95 bits per heavy atom. The second-order valence-corrected chi connectivity index (χ2v) is 7.36. The van der Waals surface area contributed by atoms with Gasteiger partial charge >= 0.3 is 0 Å². The summed E-state index contributed by atoms with van der Waals surface area (Å²) < 4.78 is 0. The predicted octanol–water partition coefficient (Wildman–Crippen LogP) is 3.99. The lowest BCUT2D eigenvalue weighted by Gasteiger charge is -2.07. The molecule has 0 spiro atoms. The van der Waals surface area contributed by atoms with Gasteiger partial charge in [0.1, 0.15) is 5.01 Å². The summed E-state index contributed by atoms with van der Waals surface area (Å²) in [5.74, 6) is -0.218. The van der Waals surface area contributed by atoms with Crippen LogP contribution in [-0.4, -0.2) is 16.1 Å². The molecule has 21 heavy (non-hydrogen) atoms. The van der Waals surface area contributed by atoms with E-state index in [0.717, 1.165) is 16.3 Å².